The van der Waals surface area contributed by atoms with Crippen LogP contribution >= 0.6 is 0 Å². The van der Waals surface area contributed by atoms with Gasteiger partial charge in [-0.25, -0.2) is 9.78 Å². The van der Waals surface area contributed by atoms with Gasteiger partial charge in [0, 0.05) is 31.2 Å². The predicted molar refractivity (Wildman–Crippen MR) is 80.5 cm³/mol. The number of carbonyl (C=O) groups is 1. The first-order valence-electron chi connectivity index (χ1n) is 7.14. The largest absolute Gasteiger partial charge is 0.478 e. The summed E-state index contributed by atoms with van der Waals surface area (Å²) in [6.45, 7) is 3.59. The number of carboxylic acids is 1. The Hall–Kier alpha value is -2.37. The minimum Gasteiger partial charge on any atom is -0.478 e. The fourth-order valence-electron chi connectivity index (χ4n) is 2.08. The lowest BCUT2D eigenvalue weighted by atomic mass is 10.1. The monoisotopic (exact) mass is 288 g/mol. The quantitative estimate of drug-likeness (QED) is 0.729. The second-order valence-electron chi connectivity index (χ2n) is 4.84. The number of pyridine rings is 1. The Morgan fingerprint density at radius 1 is 1.43 bits per heavy atom. The molecule has 2 aromatic heterocycles. The van der Waals surface area contributed by atoms with Crippen molar-refractivity contribution in [2.75, 3.05) is 11.9 Å². The molecular formula is C15H20N4O2. The van der Waals surface area contributed by atoms with E-state index in [0.717, 1.165) is 38.0 Å². The van der Waals surface area contributed by atoms with Crippen LogP contribution in [0.3, 0.4) is 0 Å². The molecule has 6 heteroatoms. The fourth-order valence-corrected chi connectivity index (χ4v) is 2.08. The van der Waals surface area contributed by atoms with E-state index < -0.39 is 5.97 Å². The summed E-state index contributed by atoms with van der Waals surface area (Å²) >= 11 is 0. The average molecular weight is 288 g/mol. The molecule has 0 spiro atoms. The van der Waals surface area contributed by atoms with Crippen LogP contribution in [0.25, 0.3) is 0 Å². The van der Waals surface area contributed by atoms with Crippen LogP contribution in [0.2, 0.25) is 0 Å². The van der Waals surface area contributed by atoms with Crippen LogP contribution in [0.15, 0.2) is 30.6 Å². The minimum absolute atomic E-state index is 0.281. The summed E-state index contributed by atoms with van der Waals surface area (Å²) in [4.78, 5) is 15.6. The Balaban J connectivity index is 1.93. The molecule has 2 aromatic rings. The Bertz CT molecular complexity index is 581. The van der Waals surface area contributed by atoms with Gasteiger partial charge in [-0.3, -0.25) is 4.68 Å². The van der Waals surface area contributed by atoms with Crippen molar-refractivity contribution < 1.29 is 9.90 Å². The summed E-state index contributed by atoms with van der Waals surface area (Å²) in [6, 6.07) is 5.11. The van der Waals surface area contributed by atoms with Gasteiger partial charge in [0.25, 0.3) is 0 Å². The van der Waals surface area contributed by atoms with Gasteiger partial charge in [-0.1, -0.05) is 13.3 Å². The molecule has 0 aliphatic carbocycles. The van der Waals surface area contributed by atoms with E-state index in [-0.39, 0.29) is 5.56 Å². The van der Waals surface area contributed by atoms with E-state index in [1.807, 2.05) is 23.9 Å². The molecule has 2 heterocycles. The summed E-state index contributed by atoms with van der Waals surface area (Å²) in [7, 11) is 0. The lowest BCUT2D eigenvalue weighted by molar-refractivity contribution is 0.0696. The third kappa shape index (κ3) is 4.59. The fraction of sp³-hybridized carbons (Fsp3) is 0.400. The van der Waals surface area contributed by atoms with Crippen LogP contribution in [0.1, 0.15) is 35.8 Å². The smallest absolute Gasteiger partial charge is 0.335 e. The molecule has 0 aromatic carbocycles. The molecule has 0 unspecified atom stereocenters. The number of aromatic nitrogens is 3. The molecule has 6 nitrogen and oxygen atoms in total. The Kier molecular flexibility index (Phi) is 5.31. The van der Waals surface area contributed by atoms with E-state index in [0.29, 0.717) is 5.82 Å². The first-order valence-corrected chi connectivity index (χ1v) is 7.14. The van der Waals surface area contributed by atoms with Crippen molar-refractivity contribution in [3.05, 3.63) is 41.9 Å². The summed E-state index contributed by atoms with van der Waals surface area (Å²) < 4.78 is 1.87. The topological polar surface area (TPSA) is 80.0 Å². The average Bonchev–Trinajstić information content (AvgIpc) is 2.97. The number of carboxylic acid groups (broad SMARTS) is 1. The summed E-state index contributed by atoms with van der Waals surface area (Å²) in [6.07, 6.45) is 6.28. The van der Waals surface area contributed by atoms with E-state index in [1.54, 1.807) is 18.3 Å². The maximum atomic E-state index is 11.1. The lowest BCUT2D eigenvalue weighted by Crippen LogP contribution is -2.10. The van der Waals surface area contributed by atoms with Gasteiger partial charge >= 0.3 is 5.97 Å². The van der Waals surface area contributed by atoms with Crippen molar-refractivity contribution in [1.29, 1.82) is 0 Å². The highest BCUT2D eigenvalue weighted by Gasteiger charge is 2.08. The van der Waals surface area contributed by atoms with E-state index >= 15 is 0 Å². The van der Waals surface area contributed by atoms with Gasteiger partial charge in [-0.2, -0.15) is 5.10 Å². The molecule has 0 bridgehead atoms. The zero-order valence-corrected chi connectivity index (χ0v) is 12.1. The number of aromatic carboxylic acids is 1. The van der Waals surface area contributed by atoms with Crippen molar-refractivity contribution in [2.24, 2.45) is 0 Å². The van der Waals surface area contributed by atoms with E-state index in [1.165, 1.54) is 0 Å². The third-order valence-electron chi connectivity index (χ3n) is 3.06. The number of nitrogens with one attached hydrogen (secondary N) is 1. The highest BCUT2D eigenvalue weighted by molar-refractivity contribution is 5.88. The van der Waals surface area contributed by atoms with E-state index in [4.69, 9.17) is 5.11 Å². The number of nitrogens with zero attached hydrogens (tertiary/aromatic N) is 3. The van der Waals surface area contributed by atoms with Crippen LogP contribution in [0, 0.1) is 0 Å². The Morgan fingerprint density at radius 2 is 2.29 bits per heavy atom. The van der Waals surface area contributed by atoms with E-state index in [2.05, 4.69) is 15.4 Å². The van der Waals surface area contributed by atoms with Crippen molar-refractivity contribution in [2.45, 2.75) is 32.7 Å². The molecule has 0 aliphatic rings. The first-order chi connectivity index (χ1) is 10.2. The molecule has 0 saturated heterocycles. The van der Waals surface area contributed by atoms with Crippen LogP contribution in [-0.4, -0.2) is 32.4 Å². The summed E-state index contributed by atoms with van der Waals surface area (Å²) in [5.41, 5.74) is 1.09. The molecule has 0 radical (unpaired) electrons. The second kappa shape index (κ2) is 7.42. The third-order valence-corrected chi connectivity index (χ3v) is 3.06. The van der Waals surface area contributed by atoms with Crippen molar-refractivity contribution in [3.63, 3.8) is 0 Å². The molecule has 2 N–H and O–H groups in total. The van der Waals surface area contributed by atoms with Crippen LogP contribution < -0.4 is 5.32 Å². The molecule has 21 heavy (non-hydrogen) atoms. The van der Waals surface area contributed by atoms with Crippen LogP contribution in [0.4, 0.5) is 5.82 Å². The first kappa shape index (κ1) is 15.0. The summed E-state index contributed by atoms with van der Waals surface area (Å²) in [5, 5.41) is 16.4. The highest BCUT2D eigenvalue weighted by Crippen LogP contribution is 2.12. The van der Waals surface area contributed by atoms with Gasteiger partial charge in [0.05, 0.1) is 5.56 Å². The number of aryl methyl sites for hydroxylation is 2. The van der Waals surface area contributed by atoms with Gasteiger partial charge in [0.1, 0.15) is 5.82 Å². The van der Waals surface area contributed by atoms with Crippen LogP contribution in [0.5, 0.6) is 0 Å². The Morgan fingerprint density at radius 3 is 2.95 bits per heavy atom. The second-order valence-corrected chi connectivity index (χ2v) is 4.84. The van der Waals surface area contributed by atoms with Crippen LogP contribution in [-0.2, 0) is 13.0 Å². The van der Waals surface area contributed by atoms with E-state index in [9.17, 15) is 4.79 Å². The maximum Gasteiger partial charge on any atom is 0.335 e. The van der Waals surface area contributed by atoms with Gasteiger partial charge in [-0.05, 0) is 31.0 Å². The molecule has 0 atom stereocenters. The van der Waals surface area contributed by atoms with Gasteiger partial charge in [-0.15, -0.1) is 0 Å². The molecule has 2 rings (SSSR count). The summed E-state index contributed by atoms with van der Waals surface area (Å²) in [5.74, 6) is -0.298. The molecular weight excluding hydrogens is 268 g/mol. The maximum absolute atomic E-state index is 11.1. The number of hydrogen-bond donors (Lipinski definition) is 2. The highest BCUT2D eigenvalue weighted by atomic mass is 16.4. The molecule has 0 fully saturated rings. The van der Waals surface area contributed by atoms with Crippen molar-refractivity contribution in [1.82, 2.24) is 14.8 Å². The Labute approximate surface area is 123 Å². The number of hydrogen-bond acceptors (Lipinski definition) is 4. The standard InChI is InChI=1S/C15H20N4O2/c1-2-5-13-10-12(15(20)21)11-14(18-13)16-6-3-8-19-9-4-7-17-19/h4,7,9-11H,2-3,5-6,8H2,1H3,(H,16,18)(H,20,21). The molecule has 112 valence electrons. The SMILES string of the molecule is CCCc1cc(C(=O)O)cc(NCCCn2cccn2)n1. The van der Waals surface area contributed by atoms with Crippen molar-refractivity contribution >= 4 is 11.8 Å². The zero-order chi connectivity index (χ0) is 15.1. The number of rotatable bonds is 8. The van der Waals surface area contributed by atoms with Crippen molar-refractivity contribution in [3.8, 4) is 0 Å². The normalized spacial score (nSPS) is 10.5. The minimum atomic E-state index is -0.922. The number of anilines is 1. The molecule has 0 aliphatic heterocycles. The lowest BCUT2D eigenvalue weighted by Gasteiger charge is -2.09. The molecule has 0 amide bonds. The molecule has 0 saturated carbocycles. The van der Waals surface area contributed by atoms with Gasteiger partial charge in [0.15, 0.2) is 0 Å². The predicted octanol–water partition coefficient (Wildman–Crippen LogP) is 2.43. The van der Waals surface area contributed by atoms with Gasteiger partial charge < -0.3 is 10.4 Å². The zero-order valence-electron chi connectivity index (χ0n) is 12.1. The van der Waals surface area contributed by atoms with Gasteiger partial charge in [0.2, 0.25) is 0 Å².